The van der Waals surface area contributed by atoms with Crippen LogP contribution in [0.1, 0.15) is 35.6 Å². The molecule has 0 bridgehead atoms. The summed E-state index contributed by atoms with van der Waals surface area (Å²) in [6.07, 6.45) is 1.37. The lowest BCUT2D eigenvalue weighted by Gasteiger charge is -2.32. The van der Waals surface area contributed by atoms with Crippen molar-refractivity contribution in [2.75, 3.05) is 6.54 Å². The summed E-state index contributed by atoms with van der Waals surface area (Å²) in [7, 11) is 0. The van der Waals surface area contributed by atoms with Crippen molar-refractivity contribution < 1.29 is 9.59 Å². The Labute approximate surface area is 211 Å². The highest BCUT2D eigenvalue weighted by Crippen LogP contribution is 2.27. The van der Waals surface area contributed by atoms with Crippen LogP contribution < -0.4 is 5.32 Å². The second-order valence-electron chi connectivity index (χ2n) is 8.38. The number of rotatable bonds is 10. The molecule has 3 rings (SSSR count). The molecule has 0 spiro atoms. The first kappa shape index (κ1) is 25.8. The number of nitrogens with zero attached hydrogens (tertiary/aromatic N) is 1. The van der Waals surface area contributed by atoms with Crippen molar-refractivity contribution >= 4 is 35.0 Å². The third kappa shape index (κ3) is 7.09. The van der Waals surface area contributed by atoms with E-state index in [1.807, 2.05) is 68.4 Å². The molecular formula is C28H30Cl2N2O2. The fourth-order valence-corrected chi connectivity index (χ4v) is 4.27. The van der Waals surface area contributed by atoms with Crippen LogP contribution in [0.5, 0.6) is 0 Å². The molecule has 178 valence electrons. The molecule has 0 unspecified atom stereocenters. The van der Waals surface area contributed by atoms with E-state index >= 15 is 0 Å². The predicted molar refractivity (Wildman–Crippen MR) is 139 cm³/mol. The Kier molecular flexibility index (Phi) is 9.55. The van der Waals surface area contributed by atoms with Crippen molar-refractivity contribution in [2.45, 2.75) is 45.7 Å². The minimum atomic E-state index is -0.709. The van der Waals surface area contributed by atoms with E-state index in [0.29, 0.717) is 28.6 Å². The van der Waals surface area contributed by atoms with E-state index in [2.05, 4.69) is 5.32 Å². The number of carbonyl (C=O) groups is 2. The molecule has 0 aliphatic heterocycles. The van der Waals surface area contributed by atoms with E-state index < -0.39 is 6.04 Å². The van der Waals surface area contributed by atoms with Crippen LogP contribution in [0.2, 0.25) is 10.0 Å². The first-order valence-electron chi connectivity index (χ1n) is 11.5. The quantitative estimate of drug-likeness (QED) is 0.373. The normalized spacial score (nSPS) is 11.6. The molecule has 2 amide bonds. The van der Waals surface area contributed by atoms with E-state index in [9.17, 15) is 9.59 Å². The summed E-state index contributed by atoms with van der Waals surface area (Å²) in [4.78, 5) is 28.6. The van der Waals surface area contributed by atoms with Gasteiger partial charge in [0, 0.05) is 35.1 Å². The standard InChI is InChI=1S/C28H30Cl2N2O2/c1-3-16-31-28(34)26(17-21-8-5-4-6-9-21)32(19-23-24(29)10-7-11-25(23)30)27(33)18-22-14-12-20(2)13-15-22/h4-15,26H,3,16-19H2,1-2H3,(H,31,34)/t26-/m0/s1. The largest absolute Gasteiger partial charge is 0.354 e. The van der Waals surface area contributed by atoms with Crippen LogP contribution in [0, 0.1) is 6.92 Å². The second kappa shape index (κ2) is 12.6. The maximum atomic E-state index is 13.7. The SMILES string of the molecule is CCCNC(=O)[C@H](Cc1ccccc1)N(Cc1c(Cl)cccc1Cl)C(=O)Cc1ccc(C)cc1. The van der Waals surface area contributed by atoms with Crippen LogP contribution in [0.4, 0.5) is 0 Å². The van der Waals surface area contributed by atoms with Gasteiger partial charge in [-0.15, -0.1) is 0 Å². The zero-order valence-electron chi connectivity index (χ0n) is 19.6. The van der Waals surface area contributed by atoms with Crippen molar-refractivity contribution in [3.05, 3.63) is 105 Å². The Bertz CT molecular complexity index is 1080. The smallest absolute Gasteiger partial charge is 0.243 e. The molecular weight excluding hydrogens is 467 g/mol. The lowest BCUT2D eigenvalue weighted by molar-refractivity contribution is -0.140. The number of aryl methyl sites for hydroxylation is 1. The molecule has 3 aromatic rings. The maximum Gasteiger partial charge on any atom is 0.243 e. The van der Waals surface area contributed by atoms with Crippen LogP contribution in [0.25, 0.3) is 0 Å². The Morgan fingerprint density at radius 1 is 0.882 bits per heavy atom. The molecule has 34 heavy (non-hydrogen) atoms. The van der Waals surface area contributed by atoms with E-state index in [4.69, 9.17) is 23.2 Å². The number of hydrogen-bond donors (Lipinski definition) is 1. The third-order valence-corrected chi connectivity index (χ3v) is 6.39. The van der Waals surface area contributed by atoms with Gasteiger partial charge in [-0.2, -0.15) is 0 Å². The molecule has 0 heterocycles. The lowest BCUT2D eigenvalue weighted by Crippen LogP contribution is -2.51. The molecule has 0 radical (unpaired) electrons. The molecule has 0 aromatic heterocycles. The summed E-state index contributed by atoms with van der Waals surface area (Å²) < 4.78 is 0. The van der Waals surface area contributed by atoms with Crippen LogP contribution >= 0.6 is 23.2 Å². The van der Waals surface area contributed by atoms with Gasteiger partial charge in [0.1, 0.15) is 6.04 Å². The van der Waals surface area contributed by atoms with Gasteiger partial charge in [-0.1, -0.05) is 96.4 Å². The first-order chi connectivity index (χ1) is 16.4. The number of benzene rings is 3. The van der Waals surface area contributed by atoms with Gasteiger partial charge < -0.3 is 10.2 Å². The van der Waals surface area contributed by atoms with Gasteiger partial charge in [0.25, 0.3) is 0 Å². The van der Waals surface area contributed by atoms with Gasteiger partial charge in [0.2, 0.25) is 11.8 Å². The number of hydrogen-bond acceptors (Lipinski definition) is 2. The summed E-state index contributed by atoms with van der Waals surface area (Å²) in [5, 5.41) is 3.91. The zero-order chi connectivity index (χ0) is 24.5. The minimum absolute atomic E-state index is 0.139. The van der Waals surface area contributed by atoms with Crippen LogP contribution in [-0.2, 0) is 29.0 Å². The Balaban J connectivity index is 1.99. The van der Waals surface area contributed by atoms with Gasteiger partial charge in [-0.05, 0) is 36.6 Å². The highest BCUT2D eigenvalue weighted by Gasteiger charge is 2.31. The van der Waals surface area contributed by atoms with Crippen LogP contribution in [0.15, 0.2) is 72.8 Å². The molecule has 0 saturated heterocycles. The molecule has 4 nitrogen and oxygen atoms in total. The molecule has 0 aliphatic carbocycles. The van der Waals surface area contributed by atoms with Gasteiger partial charge in [-0.3, -0.25) is 9.59 Å². The fourth-order valence-electron chi connectivity index (χ4n) is 3.76. The average Bonchev–Trinajstić information content (AvgIpc) is 2.83. The molecule has 0 aliphatic rings. The predicted octanol–water partition coefficient (Wildman–Crippen LogP) is 6.01. The molecule has 0 saturated carbocycles. The van der Waals surface area contributed by atoms with Crippen molar-refractivity contribution in [3.8, 4) is 0 Å². The summed E-state index contributed by atoms with van der Waals surface area (Å²) in [6, 6.07) is 22.1. The van der Waals surface area contributed by atoms with Crippen LogP contribution in [-0.4, -0.2) is 29.3 Å². The second-order valence-corrected chi connectivity index (χ2v) is 9.20. The van der Waals surface area contributed by atoms with Gasteiger partial charge >= 0.3 is 0 Å². The van der Waals surface area contributed by atoms with Gasteiger partial charge in [0.05, 0.1) is 6.42 Å². The average molecular weight is 497 g/mol. The highest BCUT2D eigenvalue weighted by molar-refractivity contribution is 6.36. The number of amides is 2. The monoisotopic (exact) mass is 496 g/mol. The van der Waals surface area contributed by atoms with Crippen molar-refractivity contribution in [3.63, 3.8) is 0 Å². The Morgan fingerprint density at radius 3 is 2.15 bits per heavy atom. The molecule has 6 heteroatoms. The summed E-state index contributed by atoms with van der Waals surface area (Å²) in [5.74, 6) is -0.349. The van der Waals surface area contributed by atoms with Crippen LogP contribution in [0.3, 0.4) is 0 Å². The number of halogens is 2. The lowest BCUT2D eigenvalue weighted by atomic mass is 10.0. The summed E-state index contributed by atoms with van der Waals surface area (Å²) in [6.45, 7) is 4.68. The molecule has 3 aromatic carbocycles. The van der Waals surface area contributed by atoms with E-state index in [0.717, 1.165) is 23.1 Å². The molecule has 0 fully saturated rings. The first-order valence-corrected chi connectivity index (χ1v) is 12.2. The number of carbonyl (C=O) groups excluding carboxylic acids is 2. The summed E-state index contributed by atoms with van der Waals surface area (Å²) >= 11 is 12.9. The van der Waals surface area contributed by atoms with E-state index in [1.54, 1.807) is 23.1 Å². The Morgan fingerprint density at radius 2 is 1.53 bits per heavy atom. The maximum absolute atomic E-state index is 13.7. The van der Waals surface area contributed by atoms with Gasteiger partial charge in [0.15, 0.2) is 0 Å². The number of nitrogens with one attached hydrogen (secondary N) is 1. The fraction of sp³-hybridized carbons (Fsp3) is 0.286. The third-order valence-electron chi connectivity index (χ3n) is 5.69. The van der Waals surface area contributed by atoms with Crippen molar-refractivity contribution in [2.24, 2.45) is 0 Å². The van der Waals surface area contributed by atoms with Crippen molar-refractivity contribution in [1.29, 1.82) is 0 Å². The Hall–Kier alpha value is -2.82. The zero-order valence-corrected chi connectivity index (χ0v) is 21.1. The molecule has 1 atom stereocenters. The minimum Gasteiger partial charge on any atom is -0.354 e. The van der Waals surface area contributed by atoms with Crippen molar-refractivity contribution in [1.82, 2.24) is 10.2 Å². The highest BCUT2D eigenvalue weighted by atomic mass is 35.5. The van der Waals surface area contributed by atoms with E-state index in [-0.39, 0.29) is 24.8 Å². The molecule has 1 N–H and O–H groups in total. The topological polar surface area (TPSA) is 49.4 Å². The van der Waals surface area contributed by atoms with E-state index in [1.165, 1.54) is 0 Å². The summed E-state index contributed by atoms with van der Waals surface area (Å²) in [5.41, 5.74) is 3.61. The van der Waals surface area contributed by atoms with Gasteiger partial charge in [-0.25, -0.2) is 0 Å².